The molecule has 0 fully saturated rings. The molecule has 27 heavy (non-hydrogen) atoms. The Kier molecular flexibility index (Phi) is 10.7. The van der Waals surface area contributed by atoms with E-state index in [2.05, 4.69) is 14.8 Å². The second-order valence-electron chi connectivity index (χ2n) is 5.49. The molecule has 0 aliphatic rings. The summed E-state index contributed by atoms with van der Waals surface area (Å²) in [4.78, 5) is 11.5. The molecule has 0 aromatic heterocycles. The Morgan fingerprint density at radius 2 is 1.85 bits per heavy atom. The van der Waals surface area contributed by atoms with E-state index < -0.39 is 34.6 Å². The van der Waals surface area contributed by atoms with Crippen LogP contribution in [0.15, 0.2) is 29.2 Å². The molecule has 1 atom stereocenters. The summed E-state index contributed by atoms with van der Waals surface area (Å²) in [7, 11) is -4.05. The Labute approximate surface area is 162 Å². The van der Waals surface area contributed by atoms with Gasteiger partial charge in [0.15, 0.2) is 0 Å². The van der Waals surface area contributed by atoms with Gasteiger partial charge in [0.1, 0.15) is 5.75 Å². The molecule has 1 amide bonds. The highest BCUT2D eigenvalue weighted by atomic mass is 35.5. The van der Waals surface area contributed by atoms with Crippen molar-refractivity contribution in [1.29, 1.82) is 0 Å². The van der Waals surface area contributed by atoms with Crippen molar-refractivity contribution in [2.75, 3.05) is 13.1 Å². The first-order valence-corrected chi connectivity index (χ1v) is 9.40. The fourth-order valence-corrected chi connectivity index (χ4v) is 3.02. The third kappa shape index (κ3) is 9.80. The fourth-order valence-electron chi connectivity index (χ4n) is 2.04. The van der Waals surface area contributed by atoms with Crippen LogP contribution in [0.5, 0.6) is 5.75 Å². The number of unbranched alkanes of at least 4 members (excludes halogenated alkanes) is 1. The van der Waals surface area contributed by atoms with E-state index in [4.69, 9.17) is 5.73 Å². The zero-order chi connectivity index (χ0) is 19.8. The molecular weight excluding hydrogens is 411 g/mol. The number of benzene rings is 1. The predicted molar refractivity (Wildman–Crippen MR) is 96.1 cm³/mol. The van der Waals surface area contributed by atoms with Gasteiger partial charge in [0, 0.05) is 12.6 Å². The minimum absolute atomic E-state index is 0. The van der Waals surface area contributed by atoms with Gasteiger partial charge in [-0.25, -0.2) is 13.1 Å². The van der Waals surface area contributed by atoms with Crippen LogP contribution in [0.25, 0.3) is 0 Å². The Hall–Kier alpha value is -1.56. The topological polar surface area (TPSA) is 111 Å². The predicted octanol–water partition coefficient (Wildman–Crippen LogP) is 1.92. The molecule has 0 aliphatic heterocycles. The standard InChI is InChI=1S/C15H22F3N3O4S.ClH/c1-2-3-4-11(9-19)21-14(22)10-20-26(23,24)13-7-5-12(6-8-13)25-15(16,17)18;/h5-8,11,20H,2-4,9-10,19H2,1H3,(H,21,22);1H. The van der Waals surface area contributed by atoms with Crippen LogP contribution in [0.3, 0.4) is 0 Å². The molecule has 0 aliphatic carbocycles. The summed E-state index contributed by atoms with van der Waals surface area (Å²) in [5.41, 5.74) is 5.55. The maximum absolute atomic E-state index is 12.1. The minimum Gasteiger partial charge on any atom is -0.406 e. The van der Waals surface area contributed by atoms with E-state index in [-0.39, 0.29) is 29.9 Å². The van der Waals surface area contributed by atoms with E-state index in [9.17, 15) is 26.4 Å². The molecule has 0 radical (unpaired) electrons. The number of amides is 1. The number of alkyl halides is 3. The highest BCUT2D eigenvalue weighted by Gasteiger charge is 2.31. The number of hydrogen-bond acceptors (Lipinski definition) is 5. The normalized spacial score (nSPS) is 12.8. The number of ether oxygens (including phenoxy) is 1. The Bertz CT molecular complexity index is 685. The number of rotatable bonds is 10. The maximum Gasteiger partial charge on any atom is 0.573 e. The number of carbonyl (C=O) groups is 1. The number of carbonyl (C=O) groups excluding carboxylic acids is 1. The second-order valence-corrected chi connectivity index (χ2v) is 7.25. The van der Waals surface area contributed by atoms with Crippen molar-refractivity contribution in [3.05, 3.63) is 24.3 Å². The first-order chi connectivity index (χ1) is 12.1. The van der Waals surface area contributed by atoms with E-state index in [1.807, 2.05) is 6.92 Å². The summed E-state index contributed by atoms with van der Waals surface area (Å²) in [5.74, 6) is -1.09. The highest BCUT2D eigenvalue weighted by Crippen LogP contribution is 2.23. The van der Waals surface area contributed by atoms with Crippen LogP contribution >= 0.6 is 12.4 Å². The lowest BCUT2D eigenvalue weighted by Crippen LogP contribution is -2.45. The highest BCUT2D eigenvalue weighted by molar-refractivity contribution is 7.89. The van der Waals surface area contributed by atoms with Gasteiger partial charge in [-0.1, -0.05) is 19.8 Å². The lowest BCUT2D eigenvalue weighted by Gasteiger charge is -2.16. The molecule has 1 aromatic rings. The average Bonchev–Trinajstić information content (AvgIpc) is 2.56. The van der Waals surface area contributed by atoms with Gasteiger partial charge in [-0.3, -0.25) is 4.79 Å². The summed E-state index contributed by atoms with van der Waals surface area (Å²) in [6.45, 7) is 1.72. The number of hydrogen-bond donors (Lipinski definition) is 3. The summed E-state index contributed by atoms with van der Waals surface area (Å²) in [5, 5.41) is 2.62. The van der Waals surface area contributed by atoms with Gasteiger partial charge in [-0.05, 0) is 30.7 Å². The third-order valence-corrected chi connectivity index (χ3v) is 4.76. The van der Waals surface area contributed by atoms with Crippen LogP contribution < -0.4 is 20.5 Å². The van der Waals surface area contributed by atoms with Crippen molar-refractivity contribution in [1.82, 2.24) is 10.0 Å². The zero-order valence-electron chi connectivity index (χ0n) is 14.6. The van der Waals surface area contributed by atoms with Crippen LogP contribution in [0.1, 0.15) is 26.2 Å². The van der Waals surface area contributed by atoms with Crippen LogP contribution in [-0.4, -0.2) is 39.8 Å². The lowest BCUT2D eigenvalue weighted by molar-refractivity contribution is -0.274. The van der Waals surface area contributed by atoms with Gasteiger partial charge >= 0.3 is 6.36 Å². The number of nitrogens with one attached hydrogen (secondary N) is 2. The van der Waals surface area contributed by atoms with Gasteiger partial charge in [0.05, 0.1) is 11.4 Å². The monoisotopic (exact) mass is 433 g/mol. The molecule has 0 bridgehead atoms. The van der Waals surface area contributed by atoms with Gasteiger partial charge in [-0.15, -0.1) is 25.6 Å². The maximum atomic E-state index is 12.1. The van der Waals surface area contributed by atoms with Gasteiger partial charge in [-0.2, -0.15) is 0 Å². The average molecular weight is 434 g/mol. The van der Waals surface area contributed by atoms with Crippen molar-refractivity contribution in [3.63, 3.8) is 0 Å². The van der Waals surface area contributed by atoms with Gasteiger partial charge in [0.25, 0.3) is 0 Å². The number of halogens is 4. The molecule has 156 valence electrons. The lowest BCUT2D eigenvalue weighted by atomic mass is 10.1. The van der Waals surface area contributed by atoms with E-state index in [0.717, 1.165) is 37.1 Å². The SMILES string of the molecule is CCCCC(CN)NC(=O)CNS(=O)(=O)c1ccc(OC(F)(F)F)cc1.Cl. The van der Waals surface area contributed by atoms with Crippen LogP contribution in [0.4, 0.5) is 13.2 Å². The molecule has 0 spiro atoms. The summed E-state index contributed by atoms with van der Waals surface area (Å²) < 4.78 is 66.2. The molecule has 12 heteroatoms. The molecular formula is C15H23ClF3N3O4S. The summed E-state index contributed by atoms with van der Waals surface area (Å²) in [6, 6.07) is 3.40. The Morgan fingerprint density at radius 3 is 2.33 bits per heavy atom. The Balaban J connectivity index is 0.00000676. The van der Waals surface area contributed by atoms with E-state index in [1.165, 1.54) is 0 Å². The minimum atomic E-state index is -4.87. The number of sulfonamides is 1. The first-order valence-electron chi connectivity index (χ1n) is 7.92. The molecule has 7 nitrogen and oxygen atoms in total. The Morgan fingerprint density at radius 1 is 1.26 bits per heavy atom. The van der Waals surface area contributed by atoms with Crippen LogP contribution in [0.2, 0.25) is 0 Å². The van der Waals surface area contributed by atoms with Gasteiger partial charge < -0.3 is 15.8 Å². The third-order valence-electron chi connectivity index (χ3n) is 3.35. The molecule has 0 heterocycles. The summed E-state index contributed by atoms with van der Waals surface area (Å²) in [6.07, 6.45) is -2.37. The fraction of sp³-hybridized carbons (Fsp3) is 0.533. The second kappa shape index (κ2) is 11.3. The first kappa shape index (κ1) is 25.4. The van der Waals surface area contributed by atoms with Crippen molar-refractivity contribution in [2.45, 2.75) is 43.5 Å². The van der Waals surface area contributed by atoms with Crippen molar-refractivity contribution in [3.8, 4) is 5.75 Å². The zero-order valence-corrected chi connectivity index (χ0v) is 16.2. The molecule has 1 unspecified atom stereocenters. The smallest absolute Gasteiger partial charge is 0.406 e. The van der Waals surface area contributed by atoms with Crippen molar-refractivity contribution >= 4 is 28.3 Å². The largest absolute Gasteiger partial charge is 0.573 e. The van der Waals surface area contributed by atoms with Crippen LogP contribution in [-0.2, 0) is 14.8 Å². The molecule has 1 aromatic carbocycles. The molecule has 0 saturated carbocycles. The number of nitrogens with two attached hydrogens (primary N) is 1. The van der Waals surface area contributed by atoms with Crippen molar-refractivity contribution in [2.24, 2.45) is 5.73 Å². The van der Waals surface area contributed by atoms with Gasteiger partial charge in [0.2, 0.25) is 15.9 Å². The van der Waals surface area contributed by atoms with E-state index in [1.54, 1.807) is 0 Å². The van der Waals surface area contributed by atoms with Crippen LogP contribution in [0, 0.1) is 0 Å². The molecule has 0 saturated heterocycles. The molecule has 1 rings (SSSR count). The van der Waals surface area contributed by atoms with E-state index in [0.29, 0.717) is 6.42 Å². The summed E-state index contributed by atoms with van der Waals surface area (Å²) >= 11 is 0. The molecule has 4 N–H and O–H groups in total. The van der Waals surface area contributed by atoms with E-state index >= 15 is 0 Å². The quantitative estimate of drug-likeness (QED) is 0.522. The van der Waals surface area contributed by atoms with Crippen molar-refractivity contribution < 1.29 is 31.1 Å².